The van der Waals surface area contributed by atoms with Crippen molar-refractivity contribution in [3.05, 3.63) is 174 Å². The first-order valence-corrected chi connectivity index (χ1v) is 25.8. The zero-order valence-corrected chi connectivity index (χ0v) is 44.0. The van der Waals surface area contributed by atoms with E-state index in [1.165, 1.54) is 6.33 Å². The van der Waals surface area contributed by atoms with Gasteiger partial charge in [-0.15, -0.1) is 0 Å². The van der Waals surface area contributed by atoms with Crippen molar-refractivity contribution in [2.45, 2.75) is 89.8 Å². The monoisotopic (exact) mass is 1020 g/mol. The molecule has 0 aliphatic carbocycles. The second-order valence-corrected chi connectivity index (χ2v) is 19.7. The molecule has 3 heterocycles. The first-order valence-electron chi connectivity index (χ1n) is 24.6. The molecule has 1 fully saturated rings. The predicted octanol–water partition coefficient (Wildman–Crippen LogP) is 10.3. The maximum Gasteiger partial charge on any atom is 0.266 e. The van der Waals surface area contributed by atoms with Crippen molar-refractivity contribution in [1.82, 2.24) is 24.2 Å². The van der Waals surface area contributed by atoms with Crippen LogP contribution in [-0.4, -0.2) is 102 Å². The Morgan fingerprint density at radius 2 is 1.42 bits per heavy atom. The lowest BCUT2D eigenvalue weighted by atomic mass is 9.80. The van der Waals surface area contributed by atoms with Gasteiger partial charge in [-0.25, -0.2) is 19.6 Å². The number of amides is 1. The van der Waals surface area contributed by atoms with Crippen molar-refractivity contribution < 1.29 is 42.3 Å². The normalized spacial score (nSPS) is 17.2. The molecule has 0 N–H and O–H groups in total. The number of aryl methyl sites for hydroxylation is 1. The van der Waals surface area contributed by atoms with Gasteiger partial charge in [-0.2, -0.15) is 5.26 Å². The van der Waals surface area contributed by atoms with Gasteiger partial charge >= 0.3 is 0 Å². The minimum atomic E-state index is -1.81. The smallest absolute Gasteiger partial charge is 0.266 e. The topological polar surface area (TPSA) is 165 Å². The van der Waals surface area contributed by atoms with Crippen LogP contribution in [0.4, 0.5) is 5.82 Å². The molecule has 0 radical (unpaired) electrons. The van der Waals surface area contributed by atoms with E-state index in [0.717, 1.165) is 27.8 Å². The molecule has 0 bridgehead atoms. The molecule has 16 nitrogen and oxygen atoms in total. The maximum atomic E-state index is 14.4. The maximum absolute atomic E-state index is 14.4. The fourth-order valence-corrected chi connectivity index (χ4v) is 11.1. The van der Waals surface area contributed by atoms with Crippen molar-refractivity contribution in [3.63, 3.8) is 0 Å². The second kappa shape index (κ2) is 25.0. The summed E-state index contributed by atoms with van der Waals surface area (Å²) in [4.78, 5) is 30.3. The molecule has 74 heavy (non-hydrogen) atoms. The minimum Gasteiger partial charge on any atom is -0.497 e. The van der Waals surface area contributed by atoms with E-state index in [2.05, 4.69) is 38.4 Å². The number of nitrogens with zero attached hydrogens (tertiary/aromatic N) is 7. The summed E-state index contributed by atoms with van der Waals surface area (Å²) in [6.45, 7) is 10.4. The molecule has 2 aromatic heterocycles. The Kier molecular flexibility index (Phi) is 18.0. The molecule has 0 spiro atoms. The number of methoxy groups -OCH3 is 3. The fraction of sp³-hybridized carbons (Fsp3) is 0.351. The number of fused-ring (bicyclic) bond motifs is 1. The molecule has 1 aliphatic rings. The van der Waals surface area contributed by atoms with Gasteiger partial charge in [-0.05, 0) is 93.3 Å². The van der Waals surface area contributed by atoms with E-state index < -0.39 is 38.7 Å². The van der Waals surface area contributed by atoms with Crippen LogP contribution in [-0.2, 0) is 40.2 Å². The van der Waals surface area contributed by atoms with Crippen molar-refractivity contribution in [2.24, 2.45) is 0 Å². The second-order valence-electron chi connectivity index (χ2n) is 18.3. The zero-order valence-electron chi connectivity index (χ0n) is 43.1. The van der Waals surface area contributed by atoms with Gasteiger partial charge in [0.05, 0.1) is 52.8 Å². The highest BCUT2D eigenvalue weighted by Gasteiger charge is 2.51. The number of carbonyl (C=O) groups is 1. The van der Waals surface area contributed by atoms with Crippen LogP contribution in [0.5, 0.6) is 17.2 Å². The number of carbonyl (C=O) groups excluding carboxylic acids is 1. The van der Waals surface area contributed by atoms with E-state index in [1.54, 1.807) is 49.3 Å². The van der Waals surface area contributed by atoms with E-state index in [9.17, 15) is 10.1 Å². The van der Waals surface area contributed by atoms with Crippen molar-refractivity contribution in [1.29, 1.82) is 5.26 Å². The minimum absolute atomic E-state index is 0.00384. The summed E-state index contributed by atoms with van der Waals surface area (Å²) in [7, 11) is 3.07. The first-order chi connectivity index (χ1) is 36.0. The molecule has 5 atom stereocenters. The molecule has 5 aromatic carbocycles. The van der Waals surface area contributed by atoms with Gasteiger partial charge in [0, 0.05) is 19.2 Å². The Balaban J connectivity index is 1.23. The summed E-state index contributed by atoms with van der Waals surface area (Å²) in [6.07, 6.45) is -0.134. The number of hydrogen-bond acceptors (Lipinski definition) is 14. The third-order valence-electron chi connectivity index (χ3n) is 12.8. The van der Waals surface area contributed by atoms with Crippen molar-refractivity contribution >= 4 is 31.4 Å². The standard InChI is InChI=1S/C57H64N7O9P/c1-39(2)64(40(3)4)74(71-32-16-31-58)73-52-49(35-70-57(43-19-11-9-12-20-43,44-23-27-46(66-6)28-24-44)45-25-29-47(67-7)30-26-45)72-56(53(52)68-8)63-38-61-51-54(59-37-60-55(51)63)62(34-42-18-15-17-41(5)33-42)50(65)36-69-48-21-13-10-14-22-48/h9-15,17-30,33,37-40,49,52-53,56H,16,32,34-36H2,1-8H3/t49-,52?,53?,56-,74?/m1/s1. The number of hydrogen-bond donors (Lipinski definition) is 0. The molecule has 3 unspecified atom stereocenters. The third-order valence-corrected chi connectivity index (χ3v) is 14.9. The summed E-state index contributed by atoms with van der Waals surface area (Å²) in [5, 5.41) is 9.60. The van der Waals surface area contributed by atoms with Gasteiger partial charge in [-0.3, -0.25) is 14.3 Å². The van der Waals surface area contributed by atoms with Crippen LogP contribution in [0.25, 0.3) is 11.2 Å². The molecule has 17 heteroatoms. The van der Waals surface area contributed by atoms with E-state index >= 15 is 0 Å². The molecular formula is C57H64N7O9P. The zero-order chi connectivity index (χ0) is 52.2. The third kappa shape index (κ3) is 11.9. The van der Waals surface area contributed by atoms with E-state index in [-0.39, 0.29) is 50.8 Å². The molecule has 386 valence electrons. The summed E-state index contributed by atoms with van der Waals surface area (Å²) in [5.74, 6) is 1.91. The Bertz CT molecular complexity index is 2880. The van der Waals surface area contributed by atoms with Crippen LogP contribution < -0.4 is 19.1 Å². The molecule has 1 saturated heterocycles. The Morgan fingerprint density at radius 3 is 2.01 bits per heavy atom. The van der Waals surface area contributed by atoms with Gasteiger partial charge in [0.2, 0.25) is 0 Å². The largest absolute Gasteiger partial charge is 0.497 e. The predicted molar refractivity (Wildman–Crippen MR) is 283 cm³/mol. The summed E-state index contributed by atoms with van der Waals surface area (Å²) in [5.41, 5.74) is 4.02. The number of para-hydroxylation sites is 1. The quantitative estimate of drug-likeness (QED) is 0.0319. The number of ether oxygens (including phenoxy) is 6. The van der Waals surface area contributed by atoms with Crippen LogP contribution in [0, 0.1) is 18.3 Å². The Morgan fingerprint density at radius 1 is 0.784 bits per heavy atom. The van der Waals surface area contributed by atoms with Crippen LogP contribution in [0.2, 0.25) is 0 Å². The van der Waals surface area contributed by atoms with E-state index in [1.807, 2.05) is 128 Å². The SMILES string of the molecule is COc1ccc(C(OC[C@H]2O[C@@H](n3cnc4c(N(Cc5cccc(C)c5)C(=O)COc5ccccc5)ncnc43)C(OC)C2OP(OCCC#N)N(C(C)C)C(C)C)(c2ccccc2)c2ccc(OC)cc2)cc1. The van der Waals surface area contributed by atoms with Gasteiger partial charge in [0.1, 0.15) is 47.5 Å². The highest BCUT2D eigenvalue weighted by atomic mass is 31.2. The van der Waals surface area contributed by atoms with Gasteiger partial charge < -0.3 is 37.5 Å². The number of anilines is 1. The average molecular weight is 1020 g/mol. The number of rotatable bonds is 24. The number of aromatic nitrogens is 4. The number of nitriles is 1. The van der Waals surface area contributed by atoms with Gasteiger partial charge in [-0.1, -0.05) is 103 Å². The summed E-state index contributed by atoms with van der Waals surface area (Å²) < 4.78 is 56.1. The highest BCUT2D eigenvalue weighted by Crippen LogP contribution is 2.51. The van der Waals surface area contributed by atoms with E-state index in [0.29, 0.717) is 34.2 Å². The van der Waals surface area contributed by atoms with Crippen molar-refractivity contribution in [3.8, 4) is 23.3 Å². The Labute approximate surface area is 434 Å². The lowest BCUT2D eigenvalue weighted by molar-refractivity contribution is -0.120. The van der Waals surface area contributed by atoms with Crippen LogP contribution in [0.15, 0.2) is 146 Å². The van der Waals surface area contributed by atoms with Crippen LogP contribution >= 0.6 is 8.53 Å². The highest BCUT2D eigenvalue weighted by molar-refractivity contribution is 7.44. The summed E-state index contributed by atoms with van der Waals surface area (Å²) in [6, 6.07) is 45.1. The molecular weight excluding hydrogens is 958 g/mol. The summed E-state index contributed by atoms with van der Waals surface area (Å²) >= 11 is 0. The average Bonchev–Trinajstić information content (AvgIpc) is 4.01. The van der Waals surface area contributed by atoms with Gasteiger partial charge in [0.15, 0.2) is 29.8 Å². The number of imidazole rings is 1. The van der Waals surface area contributed by atoms with E-state index in [4.69, 9.17) is 52.4 Å². The molecule has 8 rings (SSSR count). The molecule has 0 saturated carbocycles. The van der Waals surface area contributed by atoms with Crippen molar-refractivity contribution in [2.75, 3.05) is 46.0 Å². The lowest BCUT2D eigenvalue weighted by Crippen LogP contribution is -2.42. The first kappa shape index (κ1) is 53.5. The molecule has 1 aliphatic heterocycles. The van der Waals surface area contributed by atoms with Crippen LogP contribution in [0.3, 0.4) is 0 Å². The Hall–Kier alpha value is -6.80. The number of benzene rings is 5. The van der Waals surface area contributed by atoms with Gasteiger partial charge in [0.25, 0.3) is 14.4 Å². The molecule has 7 aromatic rings. The van der Waals surface area contributed by atoms with Crippen LogP contribution in [0.1, 0.15) is 68.2 Å². The lowest BCUT2D eigenvalue weighted by Gasteiger charge is -2.39. The fourth-order valence-electron chi connectivity index (χ4n) is 9.36. The molecule has 1 amide bonds.